The van der Waals surface area contributed by atoms with Crippen molar-refractivity contribution >= 4 is 23.6 Å². The number of hydrogen-bond donors (Lipinski definition) is 3. The van der Waals surface area contributed by atoms with Gasteiger partial charge in [0.1, 0.15) is 11.6 Å². The van der Waals surface area contributed by atoms with E-state index in [2.05, 4.69) is 16.0 Å². The Bertz CT molecular complexity index is 956. The Morgan fingerprint density at radius 1 is 1.16 bits per heavy atom. The quantitative estimate of drug-likeness (QED) is 0.589. The molecule has 0 bridgehead atoms. The number of amides is 4. The third-order valence-corrected chi connectivity index (χ3v) is 6.08. The summed E-state index contributed by atoms with van der Waals surface area (Å²) in [5.41, 5.74) is -1.48. The first kappa shape index (κ1) is 21.4. The second-order valence-corrected chi connectivity index (χ2v) is 8.00. The highest BCUT2D eigenvalue weighted by molar-refractivity contribution is 6.24. The minimum Gasteiger partial charge on any atom is -0.310 e. The van der Waals surface area contributed by atoms with Crippen molar-refractivity contribution in [3.05, 3.63) is 34.9 Å². The molecule has 2 atom stereocenters. The van der Waals surface area contributed by atoms with Gasteiger partial charge in [0.2, 0.25) is 11.8 Å². The molecule has 1 aromatic carbocycles. The summed E-state index contributed by atoms with van der Waals surface area (Å²) >= 11 is 0. The van der Waals surface area contributed by atoms with Gasteiger partial charge in [0.25, 0.3) is 11.8 Å². The SMILES string of the molecule is O=C1CCC(N2C(=O)c3cccc(CNCC4(C(F)(F)F)CCCN4)c3C2=O)C(=O)N1. The van der Waals surface area contributed by atoms with Crippen LogP contribution in [0.3, 0.4) is 0 Å². The molecule has 2 fully saturated rings. The first-order chi connectivity index (χ1) is 14.6. The summed E-state index contributed by atoms with van der Waals surface area (Å²) in [7, 11) is 0. The summed E-state index contributed by atoms with van der Waals surface area (Å²) in [6, 6.07) is 3.46. The van der Waals surface area contributed by atoms with Gasteiger partial charge in [-0.25, -0.2) is 0 Å². The van der Waals surface area contributed by atoms with Crippen LogP contribution in [0.5, 0.6) is 0 Å². The molecule has 3 N–H and O–H groups in total. The summed E-state index contributed by atoms with van der Waals surface area (Å²) in [6.45, 7) is -0.153. The summed E-state index contributed by atoms with van der Waals surface area (Å²) in [6.07, 6.45) is -4.02. The van der Waals surface area contributed by atoms with E-state index in [0.29, 0.717) is 12.0 Å². The number of carbonyl (C=O) groups excluding carboxylic acids is 4. The fraction of sp³-hybridized carbons (Fsp3) is 0.500. The highest BCUT2D eigenvalue weighted by Gasteiger charge is 2.55. The van der Waals surface area contributed by atoms with Gasteiger partial charge < -0.3 is 10.6 Å². The largest absolute Gasteiger partial charge is 0.407 e. The van der Waals surface area contributed by atoms with Crippen LogP contribution >= 0.6 is 0 Å². The van der Waals surface area contributed by atoms with Crippen molar-refractivity contribution in [2.24, 2.45) is 0 Å². The van der Waals surface area contributed by atoms with E-state index in [4.69, 9.17) is 0 Å². The maximum absolute atomic E-state index is 13.5. The Kier molecular flexibility index (Phi) is 5.34. The smallest absolute Gasteiger partial charge is 0.310 e. The number of alkyl halides is 3. The molecular formula is C20H21F3N4O4. The molecule has 31 heavy (non-hydrogen) atoms. The molecule has 166 valence electrons. The predicted octanol–water partition coefficient (Wildman–Crippen LogP) is 0.862. The zero-order chi connectivity index (χ0) is 22.4. The predicted molar refractivity (Wildman–Crippen MR) is 101 cm³/mol. The van der Waals surface area contributed by atoms with Crippen molar-refractivity contribution in [1.82, 2.24) is 20.9 Å². The van der Waals surface area contributed by atoms with Crippen molar-refractivity contribution < 1.29 is 32.3 Å². The van der Waals surface area contributed by atoms with E-state index in [1.807, 2.05) is 0 Å². The Hall–Kier alpha value is -2.79. The summed E-state index contributed by atoms with van der Waals surface area (Å²) < 4.78 is 40.6. The minimum atomic E-state index is -4.43. The van der Waals surface area contributed by atoms with E-state index in [-0.39, 0.29) is 50.0 Å². The third kappa shape index (κ3) is 3.61. The van der Waals surface area contributed by atoms with Crippen LogP contribution in [0.15, 0.2) is 18.2 Å². The minimum absolute atomic E-state index is 0.00471. The van der Waals surface area contributed by atoms with E-state index in [0.717, 1.165) is 4.90 Å². The number of nitrogens with one attached hydrogen (secondary N) is 3. The highest BCUT2D eigenvalue weighted by atomic mass is 19.4. The van der Waals surface area contributed by atoms with Gasteiger partial charge in [-0.3, -0.25) is 29.4 Å². The molecule has 3 aliphatic rings. The maximum atomic E-state index is 13.5. The van der Waals surface area contributed by atoms with Crippen LogP contribution in [0.2, 0.25) is 0 Å². The number of hydrogen-bond acceptors (Lipinski definition) is 6. The van der Waals surface area contributed by atoms with Crippen LogP contribution in [-0.4, -0.2) is 59.4 Å². The van der Waals surface area contributed by atoms with E-state index in [9.17, 15) is 32.3 Å². The maximum Gasteiger partial charge on any atom is 0.407 e. The number of nitrogens with zero attached hydrogens (tertiary/aromatic N) is 1. The van der Waals surface area contributed by atoms with Crippen LogP contribution in [0.25, 0.3) is 0 Å². The monoisotopic (exact) mass is 438 g/mol. The molecule has 2 unspecified atom stereocenters. The van der Waals surface area contributed by atoms with Crippen LogP contribution < -0.4 is 16.0 Å². The molecule has 4 amide bonds. The van der Waals surface area contributed by atoms with Gasteiger partial charge in [-0.2, -0.15) is 13.2 Å². The van der Waals surface area contributed by atoms with Crippen LogP contribution in [0, 0.1) is 0 Å². The lowest BCUT2D eigenvalue weighted by Gasteiger charge is -2.32. The number of halogens is 3. The summed E-state index contributed by atoms with van der Waals surface area (Å²) in [5.74, 6) is -2.52. The van der Waals surface area contributed by atoms with E-state index in [1.54, 1.807) is 12.1 Å². The lowest BCUT2D eigenvalue weighted by molar-refractivity contribution is -0.190. The fourth-order valence-corrected chi connectivity index (χ4v) is 4.44. The van der Waals surface area contributed by atoms with Gasteiger partial charge >= 0.3 is 6.18 Å². The average Bonchev–Trinajstić information content (AvgIpc) is 3.28. The average molecular weight is 438 g/mol. The van der Waals surface area contributed by atoms with Gasteiger partial charge in [0.15, 0.2) is 0 Å². The van der Waals surface area contributed by atoms with Crippen LogP contribution in [0.4, 0.5) is 13.2 Å². The first-order valence-corrected chi connectivity index (χ1v) is 10.0. The number of piperidine rings is 1. The van der Waals surface area contributed by atoms with Gasteiger partial charge in [0.05, 0.1) is 11.1 Å². The molecule has 0 spiro atoms. The molecule has 1 aromatic rings. The number of carbonyl (C=O) groups is 4. The van der Waals surface area contributed by atoms with Crippen molar-refractivity contribution in [2.75, 3.05) is 13.1 Å². The number of rotatable bonds is 5. The number of imide groups is 2. The third-order valence-electron chi connectivity index (χ3n) is 6.08. The molecule has 8 nitrogen and oxygen atoms in total. The van der Waals surface area contributed by atoms with E-state index >= 15 is 0 Å². The lowest BCUT2D eigenvalue weighted by Crippen LogP contribution is -2.58. The fourth-order valence-electron chi connectivity index (χ4n) is 4.44. The molecule has 3 heterocycles. The van der Waals surface area contributed by atoms with Crippen LogP contribution in [-0.2, 0) is 16.1 Å². The van der Waals surface area contributed by atoms with Crippen molar-refractivity contribution in [3.8, 4) is 0 Å². The zero-order valence-corrected chi connectivity index (χ0v) is 16.5. The number of benzene rings is 1. The number of fused-ring (bicyclic) bond motifs is 1. The van der Waals surface area contributed by atoms with Crippen molar-refractivity contribution in [1.29, 1.82) is 0 Å². The van der Waals surface area contributed by atoms with Gasteiger partial charge in [-0.15, -0.1) is 0 Å². The Morgan fingerprint density at radius 2 is 1.94 bits per heavy atom. The molecular weight excluding hydrogens is 417 g/mol. The van der Waals surface area contributed by atoms with Crippen molar-refractivity contribution in [3.63, 3.8) is 0 Å². The Morgan fingerprint density at radius 3 is 2.58 bits per heavy atom. The van der Waals surface area contributed by atoms with Gasteiger partial charge in [-0.1, -0.05) is 12.1 Å². The molecule has 0 aromatic heterocycles. The molecule has 11 heteroatoms. The van der Waals surface area contributed by atoms with Crippen LogP contribution in [0.1, 0.15) is 52.0 Å². The molecule has 0 radical (unpaired) electrons. The lowest BCUT2D eigenvalue weighted by atomic mass is 9.96. The Labute approximate surface area is 175 Å². The molecule has 3 aliphatic heterocycles. The van der Waals surface area contributed by atoms with Gasteiger partial charge in [-0.05, 0) is 37.4 Å². The second kappa shape index (κ2) is 7.72. The molecule has 0 saturated carbocycles. The Balaban J connectivity index is 1.53. The molecule has 2 saturated heterocycles. The standard InChI is InChI=1S/C20H21F3N4O4/c21-20(22,23)19(7-2-8-25-19)10-24-9-11-3-1-4-12-15(11)18(31)27(17(12)30)13-5-6-14(28)26-16(13)29/h1,3-4,13,24-25H,2,5-10H2,(H,26,28,29). The molecule has 0 aliphatic carbocycles. The second-order valence-electron chi connectivity index (χ2n) is 8.00. The van der Waals surface area contributed by atoms with E-state index in [1.165, 1.54) is 6.07 Å². The summed E-state index contributed by atoms with van der Waals surface area (Å²) in [4.78, 5) is 50.2. The van der Waals surface area contributed by atoms with Gasteiger partial charge in [0, 0.05) is 19.5 Å². The zero-order valence-electron chi connectivity index (χ0n) is 16.5. The first-order valence-electron chi connectivity index (χ1n) is 10.0. The topological polar surface area (TPSA) is 108 Å². The summed E-state index contributed by atoms with van der Waals surface area (Å²) in [5, 5.41) is 7.43. The van der Waals surface area contributed by atoms with E-state index < -0.39 is 41.4 Å². The highest BCUT2D eigenvalue weighted by Crippen LogP contribution is 2.37. The van der Waals surface area contributed by atoms with Crippen molar-refractivity contribution in [2.45, 2.75) is 50.0 Å². The molecule has 4 rings (SSSR count). The normalized spacial score (nSPS) is 26.4.